The van der Waals surface area contributed by atoms with Crippen LogP contribution < -0.4 is 10.6 Å². The van der Waals surface area contributed by atoms with Crippen molar-refractivity contribution in [2.75, 3.05) is 0 Å². The van der Waals surface area contributed by atoms with Gasteiger partial charge in [-0.1, -0.05) is 89.2 Å². The van der Waals surface area contributed by atoms with Crippen LogP contribution in [-0.4, -0.2) is 11.8 Å². The lowest BCUT2D eigenvalue weighted by molar-refractivity contribution is -0.117. The summed E-state index contributed by atoms with van der Waals surface area (Å²) in [5, 5.41) is 5.36. The molecule has 2 N–H and O–H groups in total. The molecular formula is C20H11Cl5N2O2. The van der Waals surface area contributed by atoms with Crippen LogP contribution in [0.3, 0.4) is 0 Å². The largest absolute Gasteiger partial charge is 0.321 e. The Balaban J connectivity index is 1.95. The molecule has 29 heavy (non-hydrogen) atoms. The normalized spacial score (nSPS) is 15.8. The van der Waals surface area contributed by atoms with Crippen LogP contribution in [0.2, 0.25) is 25.1 Å². The zero-order valence-electron chi connectivity index (χ0n) is 14.7. The summed E-state index contributed by atoms with van der Waals surface area (Å²) < 4.78 is 0. The van der Waals surface area contributed by atoms with Gasteiger partial charge in [0, 0.05) is 5.56 Å². The van der Waals surface area contributed by atoms with Crippen LogP contribution in [0.5, 0.6) is 0 Å². The predicted octanol–water partition coefficient (Wildman–Crippen LogP) is 5.90. The Bertz CT molecular complexity index is 1140. The van der Waals surface area contributed by atoms with Crippen LogP contribution in [0, 0.1) is 0 Å². The smallest absolute Gasteiger partial charge is 0.258 e. The highest BCUT2D eigenvalue weighted by Gasteiger charge is 2.42. The lowest BCUT2D eigenvalue weighted by Crippen LogP contribution is -2.21. The highest BCUT2D eigenvalue weighted by Crippen LogP contribution is 2.48. The van der Waals surface area contributed by atoms with E-state index in [9.17, 15) is 9.59 Å². The van der Waals surface area contributed by atoms with Gasteiger partial charge in [0.1, 0.15) is 0 Å². The molecule has 0 saturated heterocycles. The second kappa shape index (κ2) is 7.53. The van der Waals surface area contributed by atoms with Crippen LogP contribution in [-0.2, 0) is 16.0 Å². The third kappa shape index (κ3) is 3.15. The van der Waals surface area contributed by atoms with Gasteiger partial charge in [-0.05, 0) is 17.5 Å². The number of fused-ring (bicyclic) bond motifs is 1. The molecule has 0 spiro atoms. The number of hydrogen-bond donors (Lipinski definition) is 2. The number of carbonyl (C=O) groups excluding carboxylic acids is 2. The summed E-state index contributed by atoms with van der Waals surface area (Å²) in [5.74, 6) is -0.922. The summed E-state index contributed by atoms with van der Waals surface area (Å²) in [6.45, 7) is 2.04. The molecule has 2 amide bonds. The Labute approximate surface area is 191 Å². The minimum atomic E-state index is -0.461. The van der Waals surface area contributed by atoms with Crippen molar-refractivity contribution in [3.63, 3.8) is 0 Å². The van der Waals surface area contributed by atoms with Crippen LogP contribution in [0.15, 0.2) is 35.4 Å². The summed E-state index contributed by atoms with van der Waals surface area (Å²) in [4.78, 5) is 25.5. The first-order chi connectivity index (χ1) is 13.8. The lowest BCUT2D eigenvalue weighted by atomic mass is 10.0. The second-order valence-corrected chi connectivity index (χ2v) is 8.29. The molecule has 2 aromatic carbocycles. The molecule has 0 radical (unpaired) electrons. The number of aryl methyl sites for hydroxylation is 1. The summed E-state index contributed by atoms with van der Waals surface area (Å²) in [6, 6.07) is 7.59. The minimum Gasteiger partial charge on any atom is -0.321 e. The maximum atomic E-state index is 12.8. The fourth-order valence-corrected chi connectivity index (χ4v) is 4.64. The lowest BCUT2D eigenvalue weighted by Gasteiger charge is -2.14. The van der Waals surface area contributed by atoms with Gasteiger partial charge in [-0.3, -0.25) is 9.59 Å². The molecular weight excluding hydrogens is 477 g/mol. The van der Waals surface area contributed by atoms with E-state index >= 15 is 0 Å². The molecule has 0 unspecified atom stereocenters. The SMILES string of the molecule is CCc1ccc(C2=C3C(=O)NC(c4c(Cl)c(Cl)c(Cl)c(Cl)c4Cl)=C3C(=O)N2)cc1. The van der Waals surface area contributed by atoms with Gasteiger partial charge in [-0.15, -0.1) is 0 Å². The molecule has 2 heterocycles. The Morgan fingerprint density at radius 2 is 1.14 bits per heavy atom. The van der Waals surface area contributed by atoms with Crippen molar-refractivity contribution in [1.29, 1.82) is 0 Å². The highest BCUT2D eigenvalue weighted by molar-refractivity contribution is 6.56. The van der Waals surface area contributed by atoms with E-state index < -0.39 is 11.8 Å². The number of carbonyl (C=O) groups is 2. The summed E-state index contributed by atoms with van der Waals surface area (Å²) >= 11 is 31.0. The van der Waals surface area contributed by atoms with Gasteiger partial charge in [0.25, 0.3) is 11.8 Å². The fraction of sp³-hybridized carbons (Fsp3) is 0.100. The molecule has 0 atom stereocenters. The number of hydrogen-bond acceptors (Lipinski definition) is 2. The van der Waals surface area contributed by atoms with Gasteiger partial charge < -0.3 is 10.6 Å². The number of amides is 2. The molecule has 2 aliphatic heterocycles. The molecule has 2 aromatic rings. The molecule has 0 bridgehead atoms. The van der Waals surface area contributed by atoms with Gasteiger partial charge in [-0.25, -0.2) is 0 Å². The third-order valence-corrected chi connectivity index (χ3v) is 7.07. The molecule has 148 valence electrons. The molecule has 0 fully saturated rings. The van der Waals surface area contributed by atoms with Crippen molar-refractivity contribution in [3.8, 4) is 0 Å². The average molecular weight is 489 g/mol. The molecule has 0 aliphatic carbocycles. The first-order valence-electron chi connectivity index (χ1n) is 8.49. The topological polar surface area (TPSA) is 58.2 Å². The van der Waals surface area contributed by atoms with Crippen molar-refractivity contribution < 1.29 is 9.59 Å². The van der Waals surface area contributed by atoms with Crippen LogP contribution >= 0.6 is 58.0 Å². The van der Waals surface area contributed by atoms with Gasteiger partial charge in [0.05, 0.1) is 47.7 Å². The van der Waals surface area contributed by atoms with Crippen molar-refractivity contribution >= 4 is 81.2 Å². The van der Waals surface area contributed by atoms with Gasteiger partial charge in [-0.2, -0.15) is 0 Å². The Kier molecular flexibility index (Phi) is 5.34. The Hall–Kier alpha value is -1.69. The van der Waals surface area contributed by atoms with Crippen LogP contribution in [0.4, 0.5) is 0 Å². The molecule has 0 aromatic heterocycles. The predicted molar refractivity (Wildman–Crippen MR) is 117 cm³/mol. The monoisotopic (exact) mass is 486 g/mol. The molecule has 0 saturated carbocycles. The van der Waals surface area contributed by atoms with Gasteiger partial charge in [0.15, 0.2) is 0 Å². The van der Waals surface area contributed by atoms with E-state index in [4.69, 9.17) is 58.0 Å². The van der Waals surface area contributed by atoms with E-state index in [1.165, 1.54) is 0 Å². The van der Waals surface area contributed by atoms with Gasteiger partial charge >= 0.3 is 0 Å². The van der Waals surface area contributed by atoms with E-state index in [1.54, 1.807) is 0 Å². The maximum absolute atomic E-state index is 12.8. The molecule has 9 heteroatoms. The van der Waals surface area contributed by atoms with Crippen LogP contribution in [0.1, 0.15) is 23.6 Å². The molecule has 4 nitrogen and oxygen atoms in total. The Morgan fingerprint density at radius 1 is 0.690 bits per heavy atom. The van der Waals surface area contributed by atoms with Crippen LogP contribution in [0.25, 0.3) is 11.4 Å². The molecule has 2 aliphatic rings. The average Bonchev–Trinajstić information content (AvgIpc) is 3.24. The summed E-state index contributed by atoms with van der Waals surface area (Å²) in [7, 11) is 0. The Morgan fingerprint density at radius 3 is 1.66 bits per heavy atom. The maximum Gasteiger partial charge on any atom is 0.258 e. The zero-order valence-corrected chi connectivity index (χ0v) is 18.5. The minimum absolute atomic E-state index is 0.00894. The number of nitrogens with one attached hydrogen (secondary N) is 2. The fourth-order valence-electron chi connectivity index (χ4n) is 3.32. The highest BCUT2D eigenvalue weighted by atomic mass is 35.5. The van der Waals surface area contributed by atoms with Crippen molar-refractivity contribution in [1.82, 2.24) is 10.6 Å². The number of rotatable bonds is 3. The quantitative estimate of drug-likeness (QED) is 0.418. The van der Waals surface area contributed by atoms with E-state index in [2.05, 4.69) is 10.6 Å². The van der Waals surface area contributed by atoms with Gasteiger partial charge in [0.2, 0.25) is 0 Å². The molecule has 4 rings (SSSR count). The van der Waals surface area contributed by atoms with Crippen molar-refractivity contribution in [2.45, 2.75) is 13.3 Å². The third-order valence-electron chi connectivity index (χ3n) is 4.79. The van der Waals surface area contributed by atoms with Crippen molar-refractivity contribution in [3.05, 3.63) is 77.2 Å². The first-order valence-corrected chi connectivity index (χ1v) is 10.4. The van der Waals surface area contributed by atoms with E-state index in [0.717, 1.165) is 12.0 Å². The van der Waals surface area contributed by atoms with E-state index in [-0.39, 0.29) is 47.5 Å². The first kappa shape index (κ1) is 20.6. The summed E-state index contributed by atoms with van der Waals surface area (Å²) in [5.41, 5.74) is 2.88. The second-order valence-electron chi connectivity index (χ2n) is 6.40. The zero-order chi connectivity index (χ0) is 21.0. The summed E-state index contributed by atoms with van der Waals surface area (Å²) in [6.07, 6.45) is 0.878. The number of benzene rings is 2. The van der Waals surface area contributed by atoms with E-state index in [0.29, 0.717) is 11.3 Å². The number of halogens is 5. The standard InChI is InChI=1S/C20H11Cl5N2O2/c1-2-7-3-5-8(6-4-7)17-9-10(20(29)26-17)18(27-19(9)28)11-12(21)14(23)16(25)15(24)13(11)22/h3-6H,2H2,1H3,(H,26,29)(H,27,28). The van der Waals surface area contributed by atoms with E-state index in [1.807, 2.05) is 31.2 Å². The van der Waals surface area contributed by atoms with Crippen molar-refractivity contribution in [2.24, 2.45) is 0 Å².